The van der Waals surface area contributed by atoms with E-state index in [-0.39, 0.29) is 18.6 Å². The first-order valence-electron chi connectivity index (χ1n) is 4.71. The second-order valence-electron chi connectivity index (χ2n) is 2.90. The summed E-state index contributed by atoms with van der Waals surface area (Å²) in [7, 11) is 1.64. The molecule has 0 heterocycles. The number of hydrogen-bond donors (Lipinski definition) is 2. The third-order valence-corrected chi connectivity index (χ3v) is 2.66. The Balaban J connectivity index is 3.44. The number of aliphatic hydroxyl groups excluding tert-OH is 1. The van der Waals surface area contributed by atoms with Gasteiger partial charge in [-0.1, -0.05) is 6.92 Å². The Hall–Kier alpha value is -0.260. The van der Waals surface area contributed by atoms with Gasteiger partial charge in [-0.2, -0.15) is 0 Å². The minimum Gasteiger partial charge on any atom is -0.394 e. The monoisotopic (exact) mass is 221 g/mol. The van der Waals surface area contributed by atoms with Crippen LogP contribution in [0.3, 0.4) is 0 Å². The van der Waals surface area contributed by atoms with Gasteiger partial charge in [0.2, 0.25) is 5.91 Å². The highest BCUT2D eigenvalue weighted by atomic mass is 32.2. The molecule has 0 aromatic carbocycles. The molecule has 2 N–H and O–H groups in total. The van der Waals surface area contributed by atoms with Crippen molar-refractivity contribution < 1.29 is 14.6 Å². The van der Waals surface area contributed by atoms with Crippen LogP contribution in [-0.2, 0) is 9.53 Å². The molecule has 1 atom stereocenters. The molecular weight excluding hydrogens is 202 g/mol. The zero-order valence-electron chi connectivity index (χ0n) is 8.78. The molecule has 0 saturated carbocycles. The second-order valence-corrected chi connectivity index (χ2v) is 4.01. The highest BCUT2D eigenvalue weighted by Crippen LogP contribution is 1.99. The van der Waals surface area contributed by atoms with E-state index < -0.39 is 0 Å². The van der Waals surface area contributed by atoms with Gasteiger partial charge in [0.05, 0.1) is 25.0 Å². The number of methoxy groups -OCH3 is 1. The van der Waals surface area contributed by atoms with Crippen LogP contribution >= 0.6 is 11.8 Å². The van der Waals surface area contributed by atoms with Gasteiger partial charge in [-0.05, 0) is 6.42 Å². The van der Waals surface area contributed by atoms with E-state index in [9.17, 15) is 4.79 Å². The molecule has 0 aromatic rings. The van der Waals surface area contributed by atoms with Crippen molar-refractivity contribution in [3.63, 3.8) is 0 Å². The number of carbonyl (C=O) groups is 1. The first kappa shape index (κ1) is 13.7. The van der Waals surface area contributed by atoms with Crippen molar-refractivity contribution in [3.8, 4) is 0 Å². The number of aliphatic hydroxyl groups is 1. The van der Waals surface area contributed by atoms with Gasteiger partial charge in [-0.15, -0.1) is 11.8 Å². The van der Waals surface area contributed by atoms with E-state index >= 15 is 0 Å². The van der Waals surface area contributed by atoms with Crippen molar-refractivity contribution in [2.75, 3.05) is 31.8 Å². The van der Waals surface area contributed by atoms with Gasteiger partial charge in [0.25, 0.3) is 0 Å². The van der Waals surface area contributed by atoms with Crippen molar-refractivity contribution >= 4 is 17.7 Å². The number of thioether (sulfide) groups is 1. The zero-order valence-corrected chi connectivity index (χ0v) is 9.60. The quantitative estimate of drug-likeness (QED) is 0.577. The molecular formula is C9H19NO3S. The molecule has 84 valence electrons. The molecule has 0 spiro atoms. The van der Waals surface area contributed by atoms with Gasteiger partial charge in [0.15, 0.2) is 0 Å². The van der Waals surface area contributed by atoms with Crippen molar-refractivity contribution in [2.45, 2.75) is 19.4 Å². The van der Waals surface area contributed by atoms with Gasteiger partial charge in [-0.25, -0.2) is 0 Å². The fourth-order valence-corrected chi connectivity index (χ4v) is 1.55. The van der Waals surface area contributed by atoms with Crippen LogP contribution in [0.15, 0.2) is 0 Å². The summed E-state index contributed by atoms with van der Waals surface area (Å²) in [5.74, 6) is 1.23. The Kier molecular flexibility index (Phi) is 9.13. The van der Waals surface area contributed by atoms with Crippen LogP contribution < -0.4 is 5.32 Å². The van der Waals surface area contributed by atoms with Crippen molar-refractivity contribution in [2.24, 2.45) is 0 Å². The summed E-state index contributed by atoms with van der Waals surface area (Å²) >= 11 is 1.53. The molecule has 5 heteroatoms. The van der Waals surface area contributed by atoms with Crippen molar-refractivity contribution in [3.05, 3.63) is 0 Å². The average molecular weight is 221 g/mol. The molecule has 0 fully saturated rings. The maximum atomic E-state index is 11.3. The smallest absolute Gasteiger partial charge is 0.230 e. The number of rotatable bonds is 8. The molecule has 4 nitrogen and oxygen atoms in total. The number of nitrogens with one attached hydrogen (secondary N) is 1. The Bertz CT molecular complexity index is 151. The van der Waals surface area contributed by atoms with Crippen LogP contribution in [-0.4, -0.2) is 48.9 Å². The lowest BCUT2D eigenvalue weighted by Gasteiger charge is -2.13. The van der Waals surface area contributed by atoms with Gasteiger partial charge < -0.3 is 15.2 Å². The average Bonchev–Trinajstić information content (AvgIpc) is 2.21. The first-order valence-corrected chi connectivity index (χ1v) is 5.87. The summed E-state index contributed by atoms with van der Waals surface area (Å²) in [6.07, 6.45) is 0.755. The molecule has 14 heavy (non-hydrogen) atoms. The fourth-order valence-electron chi connectivity index (χ4n) is 0.853. The first-order chi connectivity index (χ1) is 6.74. The summed E-state index contributed by atoms with van der Waals surface area (Å²) in [6.45, 7) is 2.60. The Morgan fingerprint density at radius 2 is 2.36 bits per heavy atom. The van der Waals surface area contributed by atoms with Crippen LogP contribution in [0.4, 0.5) is 0 Å². The van der Waals surface area contributed by atoms with Crippen molar-refractivity contribution in [1.29, 1.82) is 0 Å². The zero-order chi connectivity index (χ0) is 10.8. The lowest BCUT2D eigenvalue weighted by molar-refractivity contribution is -0.119. The molecule has 0 radical (unpaired) electrons. The van der Waals surface area contributed by atoms with E-state index in [0.29, 0.717) is 12.4 Å². The second kappa shape index (κ2) is 9.30. The van der Waals surface area contributed by atoms with Crippen LogP contribution in [0, 0.1) is 0 Å². The van der Waals surface area contributed by atoms with E-state index in [0.717, 1.165) is 12.2 Å². The SMILES string of the molecule is CC[C@H](CO)NC(=O)CSCCOC. The Morgan fingerprint density at radius 3 is 2.86 bits per heavy atom. The molecule has 1 amide bonds. The van der Waals surface area contributed by atoms with Crippen molar-refractivity contribution in [1.82, 2.24) is 5.32 Å². The molecule has 0 unspecified atom stereocenters. The standard InChI is InChI=1S/C9H19NO3S/c1-3-8(6-11)10-9(12)7-14-5-4-13-2/h8,11H,3-7H2,1-2H3,(H,10,12)/t8-/m1/s1. The van der Waals surface area contributed by atoms with Gasteiger partial charge >= 0.3 is 0 Å². The van der Waals surface area contributed by atoms with E-state index in [1.54, 1.807) is 7.11 Å². The number of carbonyl (C=O) groups excluding carboxylic acids is 1. The highest BCUT2D eigenvalue weighted by Gasteiger charge is 2.08. The summed E-state index contributed by atoms with van der Waals surface area (Å²) in [6, 6.07) is -0.106. The lowest BCUT2D eigenvalue weighted by atomic mass is 10.2. The molecule has 0 rings (SSSR count). The topological polar surface area (TPSA) is 58.6 Å². The maximum Gasteiger partial charge on any atom is 0.230 e. The fraction of sp³-hybridized carbons (Fsp3) is 0.889. The third-order valence-electron chi connectivity index (χ3n) is 1.74. The lowest BCUT2D eigenvalue weighted by Crippen LogP contribution is -2.38. The summed E-state index contributed by atoms with van der Waals surface area (Å²) < 4.78 is 4.85. The Morgan fingerprint density at radius 1 is 1.64 bits per heavy atom. The van der Waals surface area contributed by atoms with Gasteiger partial charge in [-0.3, -0.25) is 4.79 Å². The predicted octanol–water partition coefficient (Wildman–Crippen LogP) is 0.253. The molecule has 0 aliphatic rings. The molecule has 0 aliphatic heterocycles. The number of hydrogen-bond acceptors (Lipinski definition) is 4. The molecule has 0 bridgehead atoms. The maximum absolute atomic E-state index is 11.3. The number of amides is 1. The highest BCUT2D eigenvalue weighted by molar-refractivity contribution is 7.99. The van der Waals surface area contributed by atoms with E-state index in [1.165, 1.54) is 11.8 Å². The molecule has 0 aliphatic carbocycles. The normalized spacial score (nSPS) is 12.5. The van der Waals surface area contributed by atoms with Crippen LogP contribution in [0.25, 0.3) is 0 Å². The van der Waals surface area contributed by atoms with Crippen LogP contribution in [0.5, 0.6) is 0 Å². The largest absolute Gasteiger partial charge is 0.394 e. The van der Waals surface area contributed by atoms with Crippen LogP contribution in [0.1, 0.15) is 13.3 Å². The van der Waals surface area contributed by atoms with Gasteiger partial charge in [0, 0.05) is 12.9 Å². The van der Waals surface area contributed by atoms with Crippen LogP contribution in [0.2, 0.25) is 0 Å². The third kappa shape index (κ3) is 7.17. The summed E-state index contributed by atoms with van der Waals surface area (Å²) in [4.78, 5) is 11.3. The molecule has 0 aromatic heterocycles. The minimum absolute atomic E-state index is 0.00494. The number of ether oxygens (including phenoxy) is 1. The van der Waals surface area contributed by atoms with E-state index in [2.05, 4.69) is 5.32 Å². The van der Waals surface area contributed by atoms with E-state index in [1.807, 2.05) is 6.92 Å². The summed E-state index contributed by atoms with van der Waals surface area (Å²) in [5, 5.41) is 11.6. The predicted molar refractivity (Wildman–Crippen MR) is 58.5 cm³/mol. The summed E-state index contributed by atoms with van der Waals surface area (Å²) in [5.41, 5.74) is 0. The van der Waals surface area contributed by atoms with E-state index in [4.69, 9.17) is 9.84 Å². The van der Waals surface area contributed by atoms with Gasteiger partial charge in [0.1, 0.15) is 0 Å². The minimum atomic E-state index is -0.106. The molecule has 0 saturated heterocycles. The Labute approximate surface area is 89.4 Å².